The Kier molecular flexibility index (Phi) is 6.34. The number of nitrogens with one attached hydrogen (secondary N) is 2. The standard InChI is InChI=1S/C13H23N5O2S/c1-10-7-18(8-11(2)20-10)6-4-3-5-14-12(19)16-13-17-15-9-21-13/h9-11H,3-8H2,1-2H3,(H2,14,16,17,19)/t10-,11-/m0/s1. The lowest BCUT2D eigenvalue weighted by Crippen LogP contribution is -2.45. The number of carbonyl (C=O) groups is 1. The fourth-order valence-corrected chi connectivity index (χ4v) is 2.94. The van der Waals surface area contributed by atoms with Crippen molar-refractivity contribution in [3.8, 4) is 0 Å². The van der Waals surface area contributed by atoms with Crippen LogP contribution in [-0.4, -0.2) is 59.5 Å². The maximum Gasteiger partial charge on any atom is 0.321 e. The monoisotopic (exact) mass is 313 g/mol. The lowest BCUT2D eigenvalue weighted by Gasteiger charge is -2.35. The molecule has 0 spiro atoms. The van der Waals surface area contributed by atoms with E-state index in [9.17, 15) is 4.79 Å². The van der Waals surface area contributed by atoms with Gasteiger partial charge < -0.3 is 10.1 Å². The van der Waals surface area contributed by atoms with Crippen LogP contribution in [0, 0.1) is 0 Å². The predicted molar refractivity (Wildman–Crippen MR) is 82.6 cm³/mol. The Labute approximate surface area is 129 Å². The van der Waals surface area contributed by atoms with E-state index in [-0.39, 0.29) is 6.03 Å². The van der Waals surface area contributed by atoms with E-state index in [4.69, 9.17) is 4.74 Å². The van der Waals surface area contributed by atoms with Crippen LogP contribution < -0.4 is 10.6 Å². The predicted octanol–water partition coefficient (Wildman–Crippen LogP) is 1.55. The fraction of sp³-hybridized carbons (Fsp3) is 0.769. The Balaban J connectivity index is 1.52. The van der Waals surface area contributed by atoms with E-state index in [0.717, 1.165) is 32.5 Å². The van der Waals surface area contributed by atoms with Gasteiger partial charge in [0.05, 0.1) is 12.2 Å². The van der Waals surface area contributed by atoms with Gasteiger partial charge in [-0.2, -0.15) is 0 Å². The highest BCUT2D eigenvalue weighted by atomic mass is 32.1. The van der Waals surface area contributed by atoms with Crippen LogP contribution in [0.15, 0.2) is 5.51 Å². The van der Waals surface area contributed by atoms with Crippen molar-refractivity contribution < 1.29 is 9.53 Å². The van der Waals surface area contributed by atoms with Crippen molar-refractivity contribution in [1.82, 2.24) is 20.4 Å². The maximum atomic E-state index is 11.6. The molecule has 0 aromatic carbocycles. The molecule has 1 aliphatic heterocycles. The summed E-state index contributed by atoms with van der Waals surface area (Å²) in [5.74, 6) is 0. The first-order valence-electron chi connectivity index (χ1n) is 7.32. The summed E-state index contributed by atoms with van der Waals surface area (Å²) >= 11 is 1.30. The second-order valence-corrected chi connectivity index (χ2v) is 6.18. The van der Waals surface area contributed by atoms with Gasteiger partial charge in [0.1, 0.15) is 5.51 Å². The van der Waals surface area contributed by atoms with Gasteiger partial charge in [0, 0.05) is 19.6 Å². The molecule has 2 N–H and O–H groups in total. The number of hydrogen-bond acceptors (Lipinski definition) is 6. The molecule has 8 heteroatoms. The Bertz CT molecular complexity index is 418. The molecule has 2 atom stereocenters. The Hall–Kier alpha value is -1.25. The number of morpholine rings is 1. The number of ether oxygens (including phenoxy) is 1. The van der Waals surface area contributed by atoms with Gasteiger partial charge in [-0.15, -0.1) is 10.2 Å². The molecule has 0 unspecified atom stereocenters. The van der Waals surface area contributed by atoms with E-state index in [1.165, 1.54) is 11.3 Å². The molecule has 2 amide bonds. The number of aromatic nitrogens is 2. The molecule has 0 bridgehead atoms. The summed E-state index contributed by atoms with van der Waals surface area (Å²) in [6, 6.07) is -0.222. The number of unbranched alkanes of at least 4 members (excludes halogenated alkanes) is 1. The average Bonchev–Trinajstić information content (AvgIpc) is 2.90. The molecule has 21 heavy (non-hydrogen) atoms. The number of rotatable bonds is 6. The first-order valence-corrected chi connectivity index (χ1v) is 8.20. The first kappa shape index (κ1) is 16.1. The third-order valence-corrected chi connectivity index (χ3v) is 3.87. The highest BCUT2D eigenvalue weighted by Crippen LogP contribution is 2.11. The molecule has 0 saturated carbocycles. The van der Waals surface area contributed by atoms with Gasteiger partial charge in [0.25, 0.3) is 0 Å². The smallest absolute Gasteiger partial charge is 0.321 e. The maximum absolute atomic E-state index is 11.6. The molecular formula is C13H23N5O2S. The zero-order chi connectivity index (χ0) is 15.1. The van der Waals surface area contributed by atoms with Crippen LogP contribution >= 0.6 is 11.3 Å². The average molecular weight is 313 g/mol. The van der Waals surface area contributed by atoms with Gasteiger partial charge in [-0.25, -0.2) is 4.79 Å². The lowest BCUT2D eigenvalue weighted by atomic mass is 10.2. The van der Waals surface area contributed by atoms with Crippen LogP contribution in [0.3, 0.4) is 0 Å². The minimum Gasteiger partial charge on any atom is -0.373 e. The SMILES string of the molecule is C[C@H]1CN(CCCCNC(=O)Nc2nncs2)C[C@H](C)O1. The van der Waals surface area contributed by atoms with Gasteiger partial charge in [-0.1, -0.05) is 11.3 Å². The summed E-state index contributed by atoms with van der Waals surface area (Å²) in [7, 11) is 0. The summed E-state index contributed by atoms with van der Waals surface area (Å²) in [4.78, 5) is 14.0. The van der Waals surface area contributed by atoms with E-state index in [1.807, 2.05) is 0 Å². The summed E-state index contributed by atoms with van der Waals surface area (Å²) in [5, 5.41) is 13.4. The minimum absolute atomic E-state index is 0.222. The van der Waals surface area contributed by atoms with Gasteiger partial charge in [-0.3, -0.25) is 10.2 Å². The molecule has 1 aromatic heterocycles. The van der Waals surface area contributed by atoms with E-state index in [0.29, 0.717) is 23.9 Å². The summed E-state index contributed by atoms with van der Waals surface area (Å²) < 4.78 is 5.71. The van der Waals surface area contributed by atoms with Crippen LogP contribution in [0.5, 0.6) is 0 Å². The van der Waals surface area contributed by atoms with Gasteiger partial charge in [0.2, 0.25) is 5.13 Å². The molecule has 0 aliphatic carbocycles. The van der Waals surface area contributed by atoms with Crippen molar-refractivity contribution in [2.24, 2.45) is 0 Å². The van der Waals surface area contributed by atoms with Crippen molar-refractivity contribution in [3.05, 3.63) is 5.51 Å². The van der Waals surface area contributed by atoms with Gasteiger partial charge >= 0.3 is 6.03 Å². The number of amides is 2. The topological polar surface area (TPSA) is 79.4 Å². The van der Waals surface area contributed by atoms with Crippen molar-refractivity contribution in [3.63, 3.8) is 0 Å². The van der Waals surface area contributed by atoms with E-state index in [2.05, 4.69) is 39.6 Å². The molecule has 2 heterocycles. The Morgan fingerprint density at radius 1 is 1.43 bits per heavy atom. The van der Waals surface area contributed by atoms with E-state index in [1.54, 1.807) is 5.51 Å². The van der Waals surface area contributed by atoms with Crippen LogP contribution in [0.4, 0.5) is 9.93 Å². The number of carbonyl (C=O) groups excluding carboxylic acids is 1. The molecule has 7 nitrogen and oxygen atoms in total. The van der Waals surface area contributed by atoms with Crippen molar-refractivity contribution in [2.75, 3.05) is 31.5 Å². The molecule has 2 rings (SSSR count). The molecule has 118 valence electrons. The Morgan fingerprint density at radius 2 is 2.19 bits per heavy atom. The van der Waals surface area contributed by atoms with Crippen LogP contribution in [0.25, 0.3) is 0 Å². The second kappa shape index (κ2) is 8.26. The number of anilines is 1. The van der Waals surface area contributed by atoms with E-state index < -0.39 is 0 Å². The van der Waals surface area contributed by atoms with Crippen molar-refractivity contribution >= 4 is 22.5 Å². The zero-order valence-electron chi connectivity index (χ0n) is 12.5. The molecule has 0 radical (unpaired) electrons. The van der Waals surface area contributed by atoms with Crippen LogP contribution in [0.1, 0.15) is 26.7 Å². The molecule has 1 aliphatic rings. The van der Waals surface area contributed by atoms with Crippen molar-refractivity contribution in [2.45, 2.75) is 38.9 Å². The highest BCUT2D eigenvalue weighted by Gasteiger charge is 2.21. The summed E-state index contributed by atoms with van der Waals surface area (Å²) in [6.07, 6.45) is 2.65. The summed E-state index contributed by atoms with van der Waals surface area (Å²) in [6.45, 7) is 7.94. The number of nitrogens with zero attached hydrogens (tertiary/aromatic N) is 3. The van der Waals surface area contributed by atoms with Crippen LogP contribution in [0.2, 0.25) is 0 Å². The fourth-order valence-electron chi connectivity index (χ4n) is 2.50. The number of hydrogen-bond donors (Lipinski definition) is 2. The van der Waals surface area contributed by atoms with E-state index >= 15 is 0 Å². The third kappa shape index (κ3) is 5.94. The molecule has 1 aromatic rings. The van der Waals surface area contributed by atoms with Crippen molar-refractivity contribution in [1.29, 1.82) is 0 Å². The van der Waals surface area contributed by atoms with Crippen LogP contribution in [-0.2, 0) is 4.74 Å². The lowest BCUT2D eigenvalue weighted by molar-refractivity contribution is -0.0681. The molecule has 1 saturated heterocycles. The summed E-state index contributed by atoms with van der Waals surface area (Å²) in [5.41, 5.74) is 1.58. The van der Waals surface area contributed by atoms with Gasteiger partial charge in [-0.05, 0) is 33.2 Å². The quantitative estimate of drug-likeness (QED) is 0.779. The number of urea groups is 1. The zero-order valence-corrected chi connectivity index (χ0v) is 13.4. The second-order valence-electron chi connectivity index (χ2n) is 5.35. The third-order valence-electron chi connectivity index (χ3n) is 3.26. The minimum atomic E-state index is -0.222. The first-order chi connectivity index (χ1) is 10.1. The Morgan fingerprint density at radius 3 is 2.86 bits per heavy atom. The largest absolute Gasteiger partial charge is 0.373 e. The molecular weight excluding hydrogens is 290 g/mol. The highest BCUT2D eigenvalue weighted by molar-refractivity contribution is 7.13. The van der Waals surface area contributed by atoms with Gasteiger partial charge in [0.15, 0.2) is 0 Å². The molecule has 1 fully saturated rings. The normalized spacial score (nSPS) is 23.0.